The Morgan fingerprint density at radius 1 is 1.21 bits per heavy atom. The van der Waals surface area contributed by atoms with Crippen molar-refractivity contribution in [1.29, 1.82) is 0 Å². The van der Waals surface area contributed by atoms with Crippen molar-refractivity contribution >= 4 is 14.4 Å². The summed E-state index contributed by atoms with van der Waals surface area (Å²) in [5, 5.41) is 0.154. The predicted molar refractivity (Wildman–Crippen MR) is 99.5 cm³/mol. The minimum Gasteiger partial charge on any atom is -0.441 e. The van der Waals surface area contributed by atoms with E-state index in [1.54, 1.807) is 0 Å². The maximum atomic E-state index is 12.3. The topological polar surface area (TPSA) is 38.8 Å². The minimum absolute atomic E-state index is 0.0717. The molecular weight excluding hydrogens is 318 g/mol. The molecule has 4 nitrogen and oxygen atoms in total. The van der Waals surface area contributed by atoms with Crippen LogP contribution in [0.5, 0.6) is 0 Å². The molecule has 0 radical (unpaired) electrons. The summed E-state index contributed by atoms with van der Waals surface area (Å²) >= 11 is 0. The Kier molecular flexibility index (Phi) is 5.76. The maximum absolute atomic E-state index is 12.3. The Morgan fingerprint density at radius 3 is 2.38 bits per heavy atom. The van der Waals surface area contributed by atoms with Crippen LogP contribution >= 0.6 is 0 Å². The van der Waals surface area contributed by atoms with Crippen molar-refractivity contribution in [2.45, 2.75) is 70.9 Å². The second-order valence-corrected chi connectivity index (χ2v) is 12.9. The molecule has 0 bridgehead atoms. The third kappa shape index (κ3) is 4.19. The molecule has 1 amide bonds. The van der Waals surface area contributed by atoms with Crippen LogP contribution in [0.3, 0.4) is 0 Å². The third-order valence-corrected chi connectivity index (χ3v) is 9.85. The number of hydrogen-bond donors (Lipinski definition) is 0. The average Bonchev–Trinajstić information content (AvgIpc) is 2.81. The van der Waals surface area contributed by atoms with Crippen LogP contribution in [-0.2, 0) is 15.7 Å². The van der Waals surface area contributed by atoms with Gasteiger partial charge in [0, 0.05) is 6.54 Å². The zero-order valence-electron chi connectivity index (χ0n) is 15.8. The number of benzene rings is 1. The number of ether oxygens (including phenoxy) is 1. The highest BCUT2D eigenvalue weighted by atomic mass is 28.4. The summed E-state index contributed by atoms with van der Waals surface area (Å²) in [5.41, 5.74) is 1.12. The van der Waals surface area contributed by atoms with E-state index >= 15 is 0 Å². The zero-order valence-corrected chi connectivity index (χ0v) is 16.8. The van der Waals surface area contributed by atoms with Crippen molar-refractivity contribution < 1.29 is 14.0 Å². The van der Waals surface area contributed by atoms with Gasteiger partial charge in [0.1, 0.15) is 6.10 Å². The molecule has 5 heteroatoms. The van der Waals surface area contributed by atoms with Gasteiger partial charge < -0.3 is 9.16 Å². The number of hydrogen-bond acceptors (Lipinski definition) is 3. The van der Waals surface area contributed by atoms with Gasteiger partial charge in [-0.25, -0.2) is 4.79 Å². The van der Waals surface area contributed by atoms with E-state index in [0.29, 0.717) is 13.2 Å². The third-order valence-electron chi connectivity index (χ3n) is 5.34. The first-order valence-electron chi connectivity index (χ1n) is 8.81. The van der Waals surface area contributed by atoms with Crippen LogP contribution in [-0.4, -0.2) is 38.1 Å². The van der Waals surface area contributed by atoms with Crippen molar-refractivity contribution in [2.75, 3.05) is 6.61 Å². The number of cyclic esters (lactones) is 1. The quantitative estimate of drug-likeness (QED) is 0.692. The number of rotatable bonds is 6. The lowest BCUT2D eigenvalue weighted by Gasteiger charge is -2.37. The van der Waals surface area contributed by atoms with Gasteiger partial charge >= 0.3 is 6.09 Å². The van der Waals surface area contributed by atoms with Gasteiger partial charge in [0.15, 0.2) is 8.32 Å². The maximum Gasteiger partial charge on any atom is 0.410 e. The molecule has 24 heavy (non-hydrogen) atoms. The van der Waals surface area contributed by atoms with Crippen molar-refractivity contribution in [2.24, 2.45) is 0 Å². The van der Waals surface area contributed by atoms with Gasteiger partial charge in [-0.2, -0.15) is 0 Å². The standard InChI is InChI=1S/C19H31NO3Si/c1-7-16-17(14-22-24(5,6)19(2,3)4)23-18(21)20(16)13-15-11-9-8-10-12-15/h8-12,16-17H,7,13-14H2,1-6H3/t16-,17+/m0/s1. The summed E-state index contributed by atoms with van der Waals surface area (Å²) in [5.74, 6) is 0. The van der Waals surface area contributed by atoms with E-state index < -0.39 is 8.32 Å². The van der Waals surface area contributed by atoms with Gasteiger partial charge in [0.05, 0.1) is 12.6 Å². The number of carbonyl (C=O) groups is 1. The monoisotopic (exact) mass is 349 g/mol. The Bertz CT molecular complexity index is 553. The molecule has 0 N–H and O–H groups in total. The van der Waals surface area contributed by atoms with E-state index in [9.17, 15) is 4.79 Å². The Balaban J connectivity index is 2.04. The smallest absolute Gasteiger partial charge is 0.410 e. The fraction of sp³-hybridized carbons (Fsp3) is 0.632. The molecule has 134 valence electrons. The lowest BCUT2D eigenvalue weighted by Crippen LogP contribution is -2.45. The molecule has 2 rings (SSSR count). The molecule has 1 aliphatic rings. The normalized spacial score (nSPS) is 21.9. The first-order valence-corrected chi connectivity index (χ1v) is 11.7. The van der Waals surface area contributed by atoms with Gasteiger partial charge in [-0.05, 0) is 30.1 Å². The molecule has 1 heterocycles. The minimum atomic E-state index is -1.84. The van der Waals surface area contributed by atoms with Crippen LogP contribution in [0, 0.1) is 0 Å². The molecule has 1 saturated heterocycles. The highest BCUT2D eigenvalue weighted by molar-refractivity contribution is 6.74. The van der Waals surface area contributed by atoms with Gasteiger partial charge in [0.25, 0.3) is 0 Å². The first kappa shape index (κ1) is 19.0. The SMILES string of the molecule is CC[C@H]1[C@@H](CO[Si](C)(C)C(C)(C)C)OC(=O)N1Cc1ccccc1. The molecular formula is C19H31NO3Si. The van der Waals surface area contributed by atoms with Crippen molar-refractivity contribution in [3.63, 3.8) is 0 Å². The molecule has 1 aromatic carbocycles. The van der Waals surface area contributed by atoms with Crippen molar-refractivity contribution in [1.82, 2.24) is 4.90 Å². The first-order chi connectivity index (χ1) is 11.2. The number of carbonyl (C=O) groups excluding carboxylic acids is 1. The lowest BCUT2D eigenvalue weighted by molar-refractivity contribution is 0.0858. The molecule has 1 aliphatic heterocycles. The van der Waals surface area contributed by atoms with Gasteiger partial charge in [-0.1, -0.05) is 58.0 Å². The summed E-state index contributed by atoms with van der Waals surface area (Å²) in [7, 11) is -1.84. The summed E-state index contributed by atoms with van der Waals surface area (Å²) in [6.07, 6.45) is 0.458. The van der Waals surface area contributed by atoms with E-state index in [-0.39, 0.29) is 23.3 Å². The van der Waals surface area contributed by atoms with Crippen molar-refractivity contribution in [3.05, 3.63) is 35.9 Å². The van der Waals surface area contributed by atoms with Crippen LogP contribution < -0.4 is 0 Å². The molecule has 1 fully saturated rings. The Morgan fingerprint density at radius 2 is 1.83 bits per heavy atom. The molecule has 1 aromatic rings. The van der Waals surface area contributed by atoms with Gasteiger partial charge in [-0.15, -0.1) is 0 Å². The highest BCUT2D eigenvalue weighted by Gasteiger charge is 2.43. The highest BCUT2D eigenvalue weighted by Crippen LogP contribution is 2.37. The average molecular weight is 350 g/mol. The molecule has 0 saturated carbocycles. The van der Waals surface area contributed by atoms with Crippen LogP contribution in [0.2, 0.25) is 18.1 Å². The summed E-state index contributed by atoms with van der Waals surface area (Å²) in [6.45, 7) is 14.3. The van der Waals surface area contributed by atoms with E-state index in [2.05, 4.69) is 40.8 Å². The van der Waals surface area contributed by atoms with Gasteiger partial charge in [0.2, 0.25) is 0 Å². The summed E-state index contributed by atoms with van der Waals surface area (Å²) < 4.78 is 11.9. The van der Waals surface area contributed by atoms with Crippen LogP contribution in [0.15, 0.2) is 30.3 Å². The number of amides is 1. The van der Waals surface area contributed by atoms with Crippen LogP contribution in [0.4, 0.5) is 4.79 Å². The summed E-state index contributed by atoms with van der Waals surface area (Å²) in [4.78, 5) is 14.2. The summed E-state index contributed by atoms with van der Waals surface area (Å²) in [6, 6.07) is 10.1. The van der Waals surface area contributed by atoms with Crippen molar-refractivity contribution in [3.8, 4) is 0 Å². The predicted octanol–water partition coefficient (Wildman–Crippen LogP) is 4.81. The molecule has 2 atom stereocenters. The van der Waals surface area contributed by atoms with Crippen LogP contribution in [0.25, 0.3) is 0 Å². The van der Waals surface area contributed by atoms with Crippen LogP contribution in [0.1, 0.15) is 39.7 Å². The largest absolute Gasteiger partial charge is 0.441 e. The van der Waals surface area contributed by atoms with E-state index in [1.807, 2.05) is 35.2 Å². The van der Waals surface area contributed by atoms with Gasteiger partial charge in [-0.3, -0.25) is 4.90 Å². The molecule has 0 aromatic heterocycles. The Labute approximate surface area is 147 Å². The number of nitrogens with zero attached hydrogens (tertiary/aromatic N) is 1. The molecule has 0 unspecified atom stereocenters. The Hall–Kier alpha value is -1.33. The van der Waals surface area contributed by atoms with E-state index in [0.717, 1.165) is 12.0 Å². The lowest BCUT2D eigenvalue weighted by atomic mass is 10.1. The molecule has 0 spiro atoms. The second-order valence-electron chi connectivity index (χ2n) is 8.08. The fourth-order valence-electron chi connectivity index (χ4n) is 2.71. The zero-order chi connectivity index (χ0) is 18.0. The fourth-order valence-corrected chi connectivity index (χ4v) is 3.72. The molecule has 0 aliphatic carbocycles. The van der Waals surface area contributed by atoms with E-state index in [4.69, 9.17) is 9.16 Å². The second kappa shape index (κ2) is 7.27. The van der Waals surface area contributed by atoms with E-state index in [1.165, 1.54) is 0 Å².